The van der Waals surface area contributed by atoms with E-state index in [0.717, 1.165) is 4.90 Å². The molecule has 1 aliphatic rings. The van der Waals surface area contributed by atoms with Gasteiger partial charge in [-0.2, -0.15) is 13.2 Å². The number of hydrogen-bond donors (Lipinski definition) is 1. The van der Waals surface area contributed by atoms with E-state index in [1.807, 2.05) is 0 Å². The Kier molecular flexibility index (Phi) is 5.91. The highest BCUT2D eigenvalue weighted by molar-refractivity contribution is 6.07. The number of alkyl halides is 3. The van der Waals surface area contributed by atoms with Gasteiger partial charge in [-0.05, 0) is 32.9 Å². The van der Waals surface area contributed by atoms with Gasteiger partial charge in [0.25, 0.3) is 5.91 Å². The van der Waals surface area contributed by atoms with Gasteiger partial charge >= 0.3 is 12.3 Å². The second kappa shape index (κ2) is 7.69. The third kappa shape index (κ3) is 5.37. The lowest BCUT2D eigenvalue weighted by molar-refractivity contribution is -0.133. The van der Waals surface area contributed by atoms with Crippen LogP contribution in [0.15, 0.2) is 24.3 Å². The average molecular weight is 401 g/mol. The molecule has 1 aromatic carbocycles. The molecule has 1 atom stereocenters. The van der Waals surface area contributed by atoms with Crippen LogP contribution in [-0.2, 0) is 14.3 Å². The number of amides is 3. The topological polar surface area (TPSA) is 79.0 Å². The highest BCUT2D eigenvalue weighted by Gasteiger charge is 2.41. The van der Waals surface area contributed by atoms with Crippen molar-refractivity contribution in [3.05, 3.63) is 24.3 Å². The number of anilines is 2. The van der Waals surface area contributed by atoms with Crippen LogP contribution < -0.4 is 15.1 Å². The van der Waals surface area contributed by atoms with Crippen molar-refractivity contribution in [1.82, 2.24) is 5.32 Å². The van der Waals surface area contributed by atoms with Crippen molar-refractivity contribution in [2.45, 2.75) is 45.5 Å². The number of nitrogens with one attached hydrogen (secondary N) is 1. The summed E-state index contributed by atoms with van der Waals surface area (Å²) in [6, 6.07) is 4.38. The first-order valence-corrected chi connectivity index (χ1v) is 8.53. The Balaban J connectivity index is 2.45. The Bertz CT molecular complexity index is 774. The summed E-state index contributed by atoms with van der Waals surface area (Å²) in [6.07, 6.45) is -5.64. The van der Waals surface area contributed by atoms with Crippen molar-refractivity contribution in [1.29, 1.82) is 0 Å². The van der Waals surface area contributed by atoms with Crippen molar-refractivity contribution in [2.75, 3.05) is 22.9 Å². The molecule has 154 valence electrons. The number of halogens is 3. The number of fused-ring (bicyclic) bond motifs is 1. The molecule has 0 aliphatic carbocycles. The second-order valence-corrected chi connectivity index (χ2v) is 7.36. The van der Waals surface area contributed by atoms with Crippen LogP contribution in [0.2, 0.25) is 0 Å². The van der Waals surface area contributed by atoms with E-state index in [1.54, 1.807) is 26.8 Å². The fraction of sp³-hybridized carbons (Fsp3) is 0.500. The Morgan fingerprint density at radius 3 is 2.25 bits per heavy atom. The Hall–Kier alpha value is -2.78. The van der Waals surface area contributed by atoms with E-state index in [0.29, 0.717) is 4.90 Å². The van der Waals surface area contributed by atoms with Gasteiger partial charge in [0.2, 0.25) is 5.91 Å². The number of carbonyl (C=O) groups excluding carboxylic acids is 3. The summed E-state index contributed by atoms with van der Waals surface area (Å²) in [4.78, 5) is 38.8. The van der Waals surface area contributed by atoms with Gasteiger partial charge in [0, 0.05) is 6.92 Å². The SMILES string of the molecule is CC(=O)N1CC(NC(=O)OC(C)(C)C)C(=O)N(CC(F)(F)F)c2ccccc21. The number of para-hydroxylation sites is 2. The molecule has 1 unspecified atom stereocenters. The van der Waals surface area contributed by atoms with Gasteiger partial charge in [-0.1, -0.05) is 12.1 Å². The number of nitrogens with zero attached hydrogens (tertiary/aromatic N) is 2. The highest BCUT2D eigenvalue weighted by atomic mass is 19.4. The van der Waals surface area contributed by atoms with Gasteiger partial charge in [-0.15, -0.1) is 0 Å². The maximum absolute atomic E-state index is 13.1. The predicted molar refractivity (Wildman–Crippen MR) is 96.0 cm³/mol. The molecule has 28 heavy (non-hydrogen) atoms. The molecule has 3 amide bonds. The molecule has 0 spiro atoms. The maximum Gasteiger partial charge on any atom is 0.408 e. The fourth-order valence-electron chi connectivity index (χ4n) is 2.78. The maximum atomic E-state index is 13.1. The van der Waals surface area contributed by atoms with E-state index in [2.05, 4.69) is 5.32 Å². The molecular weight excluding hydrogens is 379 g/mol. The van der Waals surface area contributed by atoms with Gasteiger partial charge in [-0.3, -0.25) is 14.5 Å². The van der Waals surface area contributed by atoms with Crippen LogP contribution in [0.5, 0.6) is 0 Å². The van der Waals surface area contributed by atoms with Crippen LogP contribution in [0.25, 0.3) is 0 Å². The van der Waals surface area contributed by atoms with Crippen LogP contribution >= 0.6 is 0 Å². The van der Waals surface area contributed by atoms with E-state index >= 15 is 0 Å². The van der Waals surface area contributed by atoms with Crippen LogP contribution in [0.3, 0.4) is 0 Å². The summed E-state index contributed by atoms with van der Waals surface area (Å²) in [5, 5.41) is 2.29. The standard InChI is InChI=1S/C18H22F3N3O4/c1-11(25)23-9-12(22-16(27)28-17(2,3)4)15(26)24(10-18(19,20)21)14-8-6-5-7-13(14)23/h5-8,12H,9-10H2,1-4H3,(H,22,27). The minimum atomic E-state index is -4.68. The van der Waals surface area contributed by atoms with Crippen LogP contribution in [0, 0.1) is 0 Å². The zero-order valence-electron chi connectivity index (χ0n) is 16.0. The number of ether oxygens (including phenoxy) is 1. The van der Waals surface area contributed by atoms with Gasteiger partial charge < -0.3 is 15.0 Å². The third-order valence-corrected chi connectivity index (χ3v) is 3.80. The Morgan fingerprint density at radius 1 is 1.18 bits per heavy atom. The second-order valence-electron chi connectivity index (χ2n) is 7.36. The van der Waals surface area contributed by atoms with Crippen molar-refractivity contribution in [3.63, 3.8) is 0 Å². The molecule has 0 saturated carbocycles. The molecule has 0 saturated heterocycles. The monoisotopic (exact) mass is 401 g/mol. The largest absolute Gasteiger partial charge is 0.444 e. The number of alkyl carbamates (subject to hydrolysis) is 1. The van der Waals surface area contributed by atoms with E-state index in [9.17, 15) is 27.6 Å². The van der Waals surface area contributed by atoms with Crippen LogP contribution in [0.1, 0.15) is 27.7 Å². The summed E-state index contributed by atoms with van der Waals surface area (Å²) in [7, 11) is 0. The average Bonchev–Trinajstić information content (AvgIpc) is 2.62. The molecule has 1 heterocycles. The zero-order chi connectivity index (χ0) is 21.3. The van der Waals surface area contributed by atoms with E-state index < -0.39 is 42.3 Å². The third-order valence-electron chi connectivity index (χ3n) is 3.80. The fourth-order valence-corrected chi connectivity index (χ4v) is 2.78. The minimum absolute atomic E-state index is 0.0616. The first kappa shape index (κ1) is 21.5. The molecule has 10 heteroatoms. The lowest BCUT2D eigenvalue weighted by atomic mass is 10.2. The first-order valence-electron chi connectivity index (χ1n) is 8.53. The highest BCUT2D eigenvalue weighted by Crippen LogP contribution is 2.34. The van der Waals surface area contributed by atoms with Gasteiger partial charge in [0.05, 0.1) is 17.9 Å². The number of hydrogen-bond acceptors (Lipinski definition) is 4. The van der Waals surface area contributed by atoms with Crippen molar-refractivity contribution < 1.29 is 32.3 Å². The van der Waals surface area contributed by atoms with Crippen molar-refractivity contribution in [3.8, 4) is 0 Å². The molecule has 1 aromatic rings. The van der Waals surface area contributed by atoms with Gasteiger partial charge in [0.15, 0.2) is 0 Å². The number of benzene rings is 1. The lowest BCUT2D eigenvalue weighted by Crippen LogP contribution is -2.54. The van der Waals surface area contributed by atoms with Crippen molar-refractivity contribution >= 4 is 29.3 Å². The summed E-state index contributed by atoms with van der Waals surface area (Å²) in [6.45, 7) is 4.17. The Labute approximate surface area is 160 Å². The molecule has 0 radical (unpaired) electrons. The van der Waals surface area contributed by atoms with E-state index in [4.69, 9.17) is 4.74 Å². The van der Waals surface area contributed by atoms with Crippen LogP contribution in [0.4, 0.5) is 29.3 Å². The molecule has 0 bridgehead atoms. The van der Waals surface area contributed by atoms with E-state index in [-0.39, 0.29) is 17.9 Å². The summed E-state index contributed by atoms with van der Waals surface area (Å²) >= 11 is 0. The quantitative estimate of drug-likeness (QED) is 0.827. The van der Waals surface area contributed by atoms with E-state index in [1.165, 1.54) is 25.1 Å². The van der Waals surface area contributed by atoms with Gasteiger partial charge in [0.1, 0.15) is 18.2 Å². The summed E-state index contributed by atoms with van der Waals surface area (Å²) in [5.41, 5.74) is -0.776. The molecule has 1 aliphatic heterocycles. The molecular formula is C18H22F3N3O4. The molecule has 2 rings (SSSR count). The van der Waals surface area contributed by atoms with Crippen molar-refractivity contribution in [2.24, 2.45) is 0 Å². The number of carbonyl (C=O) groups is 3. The first-order chi connectivity index (χ1) is 12.8. The smallest absolute Gasteiger partial charge is 0.408 e. The summed E-state index contributed by atoms with van der Waals surface area (Å²) in [5.74, 6) is -1.47. The van der Waals surface area contributed by atoms with Crippen LogP contribution in [-0.4, -0.2) is 48.8 Å². The van der Waals surface area contributed by atoms with Gasteiger partial charge in [-0.25, -0.2) is 4.79 Å². The normalized spacial score (nSPS) is 17.7. The summed E-state index contributed by atoms with van der Waals surface area (Å²) < 4.78 is 44.5. The predicted octanol–water partition coefficient (Wildman–Crippen LogP) is 2.84. The molecule has 0 aromatic heterocycles. The number of rotatable bonds is 2. The zero-order valence-corrected chi connectivity index (χ0v) is 16.0. The lowest BCUT2D eigenvalue weighted by Gasteiger charge is -2.27. The molecule has 0 fully saturated rings. The minimum Gasteiger partial charge on any atom is -0.444 e. The Morgan fingerprint density at radius 2 is 1.75 bits per heavy atom. The molecule has 7 nitrogen and oxygen atoms in total. The molecule has 1 N–H and O–H groups in total.